The highest BCUT2D eigenvalue weighted by Gasteiger charge is 2.30. The lowest BCUT2D eigenvalue weighted by Crippen LogP contribution is -2.24. The van der Waals surface area contributed by atoms with Crippen molar-refractivity contribution >= 4 is 18.1 Å². The number of carboxylic acids is 1. The van der Waals surface area contributed by atoms with Gasteiger partial charge in [-0.25, -0.2) is 0 Å². The summed E-state index contributed by atoms with van der Waals surface area (Å²) in [6.45, 7) is -0.180. The molecule has 0 aliphatic heterocycles. The number of carbonyl (C=O) groups is 2. The Morgan fingerprint density at radius 1 is 1.39 bits per heavy atom. The summed E-state index contributed by atoms with van der Waals surface area (Å²) < 4.78 is 37.3. The van der Waals surface area contributed by atoms with Crippen molar-refractivity contribution in [2.45, 2.75) is 12.6 Å². The van der Waals surface area contributed by atoms with Crippen LogP contribution in [0.15, 0.2) is 24.3 Å². The minimum Gasteiger partial charge on any atom is -0.481 e. The fourth-order valence-electron chi connectivity index (χ4n) is 1.32. The number of nitrogens with zero attached hydrogens (tertiary/aromatic N) is 1. The molecule has 0 spiro atoms. The van der Waals surface area contributed by atoms with Crippen molar-refractivity contribution < 1.29 is 27.9 Å². The summed E-state index contributed by atoms with van der Waals surface area (Å²) in [6.07, 6.45) is -4.54. The Morgan fingerprint density at radius 3 is 2.56 bits per heavy atom. The van der Waals surface area contributed by atoms with Gasteiger partial charge < -0.3 is 10.0 Å². The Labute approximate surface area is 101 Å². The van der Waals surface area contributed by atoms with Gasteiger partial charge in [0.2, 0.25) is 6.41 Å². The van der Waals surface area contributed by atoms with Crippen molar-refractivity contribution in [2.24, 2.45) is 0 Å². The van der Waals surface area contributed by atoms with Crippen molar-refractivity contribution in [1.29, 1.82) is 0 Å². The van der Waals surface area contributed by atoms with Crippen LogP contribution >= 0.6 is 0 Å². The molecule has 0 bridgehead atoms. The Kier molecular flexibility index (Phi) is 4.30. The fraction of sp³-hybridized carbons (Fsp3) is 0.273. The minimum absolute atomic E-state index is 0.0149. The second kappa shape index (κ2) is 5.52. The molecule has 0 radical (unpaired) electrons. The quantitative estimate of drug-likeness (QED) is 0.826. The predicted molar refractivity (Wildman–Crippen MR) is 57.1 cm³/mol. The zero-order valence-corrected chi connectivity index (χ0v) is 9.15. The molecular weight excluding hydrogens is 251 g/mol. The summed E-state index contributed by atoms with van der Waals surface area (Å²) in [7, 11) is 0. The zero-order chi connectivity index (χ0) is 13.8. The molecule has 1 aromatic carbocycles. The van der Waals surface area contributed by atoms with Crippen LogP contribution in [0.5, 0.6) is 0 Å². The molecule has 1 rings (SSSR count). The van der Waals surface area contributed by atoms with Crippen LogP contribution in [0.25, 0.3) is 0 Å². The van der Waals surface area contributed by atoms with Gasteiger partial charge in [-0.2, -0.15) is 13.2 Å². The molecule has 4 nitrogen and oxygen atoms in total. The summed E-state index contributed by atoms with van der Waals surface area (Å²) >= 11 is 0. The van der Waals surface area contributed by atoms with E-state index in [1.54, 1.807) is 0 Å². The third-order valence-electron chi connectivity index (χ3n) is 2.20. The summed E-state index contributed by atoms with van der Waals surface area (Å²) in [5.74, 6) is -1.13. The van der Waals surface area contributed by atoms with Crippen molar-refractivity contribution in [1.82, 2.24) is 0 Å². The predicted octanol–water partition coefficient (Wildman–Crippen LogP) is 2.14. The average molecular weight is 261 g/mol. The van der Waals surface area contributed by atoms with Gasteiger partial charge in [-0.3, -0.25) is 9.59 Å². The average Bonchev–Trinajstić information content (AvgIpc) is 2.29. The van der Waals surface area contributed by atoms with Gasteiger partial charge in [0.1, 0.15) is 0 Å². The van der Waals surface area contributed by atoms with Crippen LogP contribution in [0, 0.1) is 0 Å². The van der Waals surface area contributed by atoms with Crippen LogP contribution in [-0.4, -0.2) is 24.0 Å². The van der Waals surface area contributed by atoms with E-state index in [1.807, 2.05) is 0 Å². The van der Waals surface area contributed by atoms with Crippen LogP contribution in [0.3, 0.4) is 0 Å². The monoisotopic (exact) mass is 261 g/mol. The molecule has 0 atom stereocenters. The minimum atomic E-state index is -4.50. The van der Waals surface area contributed by atoms with E-state index in [-0.39, 0.29) is 18.7 Å². The molecule has 98 valence electrons. The fourth-order valence-corrected chi connectivity index (χ4v) is 1.32. The molecule has 0 heterocycles. The smallest absolute Gasteiger partial charge is 0.416 e. The number of amides is 1. The number of hydrogen-bond donors (Lipinski definition) is 1. The largest absolute Gasteiger partial charge is 0.481 e. The summed E-state index contributed by atoms with van der Waals surface area (Å²) in [4.78, 5) is 22.0. The summed E-state index contributed by atoms with van der Waals surface area (Å²) in [6, 6.07) is 4.15. The van der Waals surface area contributed by atoms with Crippen LogP contribution < -0.4 is 4.90 Å². The second-order valence-corrected chi connectivity index (χ2v) is 3.49. The Balaban J connectivity index is 2.93. The standard InChI is InChI=1S/C11H10F3NO3/c12-11(13,14)8-2-1-3-9(6-8)15(7-16)5-4-10(17)18/h1-3,6-7H,4-5H2,(H,17,18). The van der Waals surface area contributed by atoms with Crippen LogP contribution in [0.1, 0.15) is 12.0 Å². The third-order valence-corrected chi connectivity index (χ3v) is 2.20. The lowest BCUT2D eigenvalue weighted by Gasteiger charge is -2.17. The van der Waals surface area contributed by atoms with E-state index in [0.717, 1.165) is 23.1 Å². The van der Waals surface area contributed by atoms with E-state index in [9.17, 15) is 22.8 Å². The number of rotatable bonds is 5. The van der Waals surface area contributed by atoms with E-state index in [1.165, 1.54) is 6.07 Å². The highest BCUT2D eigenvalue weighted by Crippen LogP contribution is 2.31. The number of carbonyl (C=O) groups excluding carboxylic acids is 1. The SMILES string of the molecule is O=CN(CCC(=O)O)c1cccc(C(F)(F)F)c1. The number of anilines is 1. The Morgan fingerprint density at radius 2 is 2.06 bits per heavy atom. The number of aliphatic carboxylic acids is 1. The lowest BCUT2D eigenvalue weighted by atomic mass is 10.2. The van der Waals surface area contributed by atoms with Crippen molar-refractivity contribution in [3.8, 4) is 0 Å². The molecule has 7 heteroatoms. The van der Waals surface area contributed by atoms with E-state index < -0.39 is 17.7 Å². The van der Waals surface area contributed by atoms with Crippen molar-refractivity contribution in [3.63, 3.8) is 0 Å². The zero-order valence-electron chi connectivity index (χ0n) is 9.15. The first-order valence-corrected chi connectivity index (χ1v) is 4.95. The van der Waals surface area contributed by atoms with Gasteiger partial charge in [-0.05, 0) is 18.2 Å². The van der Waals surface area contributed by atoms with Crippen molar-refractivity contribution in [3.05, 3.63) is 29.8 Å². The van der Waals surface area contributed by atoms with E-state index >= 15 is 0 Å². The molecule has 0 unspecified atom stereocenters. The molecule has 0 saturated carbocycles. The van der Waals surface area contributed by atoms with Crippen LogP contribution in [-0.2, 0) is 15.8 Å². The number of alkyl halides is 3. The molecule has 1 amide bonds. The molecule has 0 aliphatic carbocycles. The normalized spacial score (nSPS) is 11.1. The molecule has 1 N–H and O–H groups in total. The van der Waals surface area contributed by atoms with Gasteiger partial charge >= 0.3 is 12.1 Å². The Hall–Kier alpha value is -2.05. The lowest BCUT2D eigenvalue weighted by molar-refractivity contribution is -0.138. The molecular formula is C11H10F3NO3. The highest BCUT2D eigenvalue weighted by molar-refractivity contribution is 5.77. The summed E-state index contributed by atoms with van der Waals surface area (Å²) in [5, 5.41) is 8.47. The number of benzene rings is 1. The maximum atomic E-state index is 12.4. The first-order chi connectivity index (χ1) is 8.34. The number of halogens is 3. The third kappa shape index (κ3) is 3.76. The first kappa shape index (κ1) is 14.0. The number of carboxylic acid groups (broad SMARTS) is 1. The maximum absolute atomic E-state index is 12.4. The molecule has 0 fully saturated rings. The molecule has 18 heavy (non-hydrogen) atoms. The van der Waals surface area contributed by atoms with Gasteiger partial charge in [0.15, 0.2) is 0 Å². The molecule has 0 saturated heterocycles. The number of hydrogen-bond acceptors (Lipinski definition) is 2. The molecule has 0 aromatic heterocycles. The van der Waals surface area contributed by atoms with Gasteiger partial charge in [-0.1, -0.05) is 6.07 Å². The van der Waals surface area contributed by atoms with E-state index in [4.69, 9.17) is 5.11 Å². The summed E-state index contributed by atoms with van der Waals surface area (Å²) in [5.41, 5.74) is -0.872. The van der Waals surface area contributed by atoms with E-state index in [2.05, 4.69) is 0 Å². The van der Waals surface area contributed by atoms with Gasteiger partial charge in [0, 0.05) is 12.2 Å². The van der Waals surface area contributed by atoms with Crippen LogP contribution in [0.2, 0.25) is 0 Å². The van der Waals surface area contributed by atoms with E-state index in [0.29, 0.717) is 6.41 Å². The second-order valence-electron chi connectivity index (χ2n) is 3.49. The topological polar surface area (TPSA) is 57.6 Å². The highest BCUT2D eigenvalue weighted by atomic mass is 19.4. The van der Waals surface area contributed by atoms with Gasteiger partial charge in [0.25, 0.3) is 0 Å². The van der Waals surface area contributed by atoms with Gasteiger partial charge in [0.05, 0.1) is 12.0 Å². The van der Waals surface area contributed by atoms with Crippen molar-refractivity contribution in [2.75, 3.05) is 11.4 Å². The van der Waals surface area contributed by atoms with Gasteiger partial charge in [-0.15, -0.1) is 0 Å². The maximum Gasteiger partial charge on any atom is 0.416 e. The van der Waals surface area contributed by atoms with Crippen LogP contribution in [0.4, 0.5) is 18.9 Å². The molecule has 1 aromatic rings. The Bertz CT molecular complexity index is 445. The molecule has 0 aliphatic rings. The first-order valence-electron chi connectivity index (χ1n) is 4.95.